The van der Waals surface area contributed by atoms with Crippen LogP contribution in [0.2, 0.25) is 0 Å². The lowest BCUT2D eigenvalue weighted by Gasteiger charge is -2.24. The van der Waals surface area contributed by atoms with Crippen molar-refractivity contribution in [2.24, 2.45) is 4.99 Å². The number of benzene rings is 1. The Balaban J connectivity index is 0.00000338. The molecule has 0 aliphatic heterocycles. The van der Waals surface area contributed by atoms with Crippen molar-refractivity contribution < 1.29 is 0 Å². The van der Waals surface area contributed by atoms with E-state index in [1.807, 2.05) is 12.3 Å². The fraction of sp³-hybridized carbons (Fsp3) is 0.400. The predicted octanol–water partition coefficient (Wildman–Crippen LogP) is 3.24. The fourth-order valence-corrected chi connectivity index (χ4v) is 2.70. The molecule has 1 aromatic carbocycles. The number of guanidine groups is 1. The van der Waals surface area contributed by atoms with E-state index in [0.717, 1.165) is 38.6 Å². The summed E-state index contributed by atoms with van der Waals surface area (Å²) >= 11 is 0. The van der Waals surface area contributed by atoms with Crippen molar-refractivity contribution in [2.45, 2.75) is 20.3 Å². The summed E-state index contributed by atoms with van der Waals surface area (Å²) in [6, 6.07) is 12.7. The highest BCUT2D eigenvalue weighted by atomic mass is 127. The molecule has 0 bridgehead atoms. The topological polar surface area (TPSA) is 52.5 Å². The number of rotatable bonds is 8. The number of hydrogen-bond acceptors (Lipinski definition) is 3. The molecule has 0 radical (unpaired) electrons. The molecular weight excluding hydrogens is 437 g/mol. The lowest BCUT2D eigenvalue weighted by molar-refractivity contribution is 0.746. The van der Waals surface area contributed by atoms with Gasteiger partial charge >= 0.3 is 0 Å². The quantitative estimate of drug-likeness (QED) is 0.356. The first-order valence-corrected chi connectivity index (χ1v) is 8.88. The van der Waals surface area contributed by atoms with Crippen LogP contribution in [-0.2, 0) is 6.42 Å². The first-order chi connectivity index (χ1) is 12.2. The van der Waals surface area contributed by atoms with Crippen molar-refractivity contribution in [3.8, 4) is 0 Å². The van der Waals surface area contributed by atoms with Crippen molar-refractivity contribution in [3.63, 3.8) is 0 Å². The van der Waals surface area contributed by atoms with Crippen LogP contribution in [-0.4, -0.2) is 44.2 Å². The zero-order chi connectivity index (χ0) is 17.9. The minimum absolute atomic E-state index is 0. The molecule has 0 saturated heterocycles. The second kappa shape index (κ2) is 12.5. The van der Waals surface area contributed by atoms with Crippen LogP contribution in [0.15, 0.2) is 53.8 Å². The normalized spacial score (nSPS) is 10.8. The molecule has 6 heteroatoms. The molecule has 0 spiro atoms. The lowest BCUT2D eigenvalue weighted by atomic mass is 10.2. The third kappa shape index (κ3) is 7.59. The van der Waals surface area contributed by atoms with Crippen LogP contribution >= 0.6 is 24.0 Å². The van der Waals surface area contributed by atoms with Gasteiger partial charge in [-0.1, -0.05) is 18.2 Å². The van der Waals surface area contributed by atoms with Crippen LogP contribution in [0.5, 0.6) is 0 Å². The molecule has 2 rings (SSSR count). The predicted molar refractivity (Wildman–Crippen MR) is 122 cm³/mol. The van der Waals surface area contributed by atoms with E-state index in [1.54, 1.807) is 13.2 Å². The van der Waals surface area contributed by atoms with Gasteiger partial charge in [0, 0.05) is 51.3 Å². The number of aliphatic imine (C=N–C) groups is 1. The van der Waals surface area contributed by atoms with Gasteiger partial charge in [0.15, 0.2) is 5.96 Å². The lowest BCUT2D eigenvalue weighted by Crippen LogP contribution is -2.42. The Hall–Kier alpha value is -1.83. The molecular formula is C20H30IN5. The summed E-state index contributed by atoms with van der Waals surface area (Å²) in [6.45, 7) is 7.91. The molecule has 0 unspecified atom stereocenters. The minimum Gasteiger partial charge on any atom is -0.370 e. The summed E-state index contributed by atoms with van der Waals surface area (Å²) in [5.74, 6) is 0.837. The van der Waals surface area contributed by atoms with Gasteiger partial charge in [-0.15, -0.1) is 24.0 Å². The molecule has 0 aliphatic carbocycles. The number of halogens is 1. The highest BCUT2D eigenvalue weighted by Gasteiger charge is 2.05. The molecule has 1 aromatic heterocycles. The second-order valence-electron chi connectivity index (χ2n) is 5.96. The molecule has 0 fully saturated rings. The Morgan fingerprint density at radius 1 is 1.15 bits per heavy atom. The van der Waals surface area contributed by atoms with E-state index in [9.17, 15) is 0 Å². The largest absolute Gasteiger partial charge is 0.370 e. The van der Waals surface area contributed by atoms with Crippen molar-refractivity contribution in [1.82, 2.24) is 15.6 Å². The maximum atomic E-state index is 4.29. The van der Waals surface area contributed by atoms with Gasteiger partial charge in [-0.05, 0) is 49.6 Å². The molecule has 2 N–H and O–H groups in total. The molecule has 1 heterocycles. The molecule has 0 amide bonds. The van der Waals surface area contributed by atoms with Crippen LogP contribution in [0.3, 0.4) is 0 Å². The summed E-state index contributed by atoms with van der Waals surface area (Å²) < 4.78 is 0. The van der Waals surface area contributed by atoms with Gasteiger partial charge in [0.2, 0.25) is 0 Å². The first kappa shape index (κ1) is 22.2. The van der Waals surface area contributed by atoms with E-state index in [2.05, 4.69) is 69.7 Å². The summed E-state index contributed by atoms with van der Waals surface area (Å²) in [5.41, 5.74) is 3.78. The maximum Gasteiger partial charge on any atom is 0.191 e. The van der Waals surface area contributed by atoms with Crippen LogP contribution < -0.4 is 15.5 Å². The maximum absolute atomic E-state index is 4.29. The molecule has 26 heavy (non-hydrogen) atoms. The molecule has 0 aliphatic rings. The van der Waals surface area contributed by atoms with E-state index in [-0.39, 0.29) is 24.0 Å². The number of likely N-dealkylation sites (N-methyl/N-ethyl adjacent to an activating group) is 1. The van der Waals surface area contributed by atoms with E-state index in [0.29, 0.717) is 0 Å². The average Bonchev–Trinajstić information content (AvgIpc) is 2.64. The van der Waals surface area contributed by atoms with Gasteiger partial charge in [0.1, 0.15) is 0 Å². The van der Waals surface area contributed by atoms with E-state index in [4.69, 9.17) is 0 Å². The van der Waals surface area contributed by atoms with Crippen molar-refractivity contribution in [2.75, 3.05) is 38.1 Å². The van der Waals surface area contributed by atoms with E-state index < -0.39 is 0 Å². The van der Waals surface area contributed by atoms with Crippen molar-refractivity contribution in [3.05, 3.63) is 59.9 Å². The highest BCUT2D eigenvalue weighted by molar-refractivity contribution is 14.0. The molecule has 0 atom stereocenters. The van der Waals surface area contributed by atoms with Gasteiger partial charge in [-0.25, -0.2) is 0 Å². The van der Waals surface area contributed by atoms with Gasteiger partial charge in [-0.3, -0.25) is 9.98 Å². The van der Waals surface area contributed by atoms with Crippen molar-refractivity contribution in [1.29, 1.82) is 0 Å². The zero-order valence-electron chi connectivity index (χ0n) is 15.9. The average molecular weight is 467 g/mol. The Morgan fingerprint density at radius 2 is 1.96 bits per heavy atom. The smallest absolute Gasteiger partial charge is 0.191 e. The Kier molecular flexibility index (Phi) is 10.7. The molecule has 5 nitrogen and oxygen atoms in total. The SMILES string of the molecule is CCN(CCNC(=NC)NCCc1cccnc1)c1cccc(C)c1.I. The monoisotopic (exact) mass is 467 g/mol. The third-order valence-electron chi connectivity index (χ3n) is 4.08. The van der Waals surface area contributed by atoms with Gasteiger partial charge < -0.3 is 15.5 Å². The Morgan fingerprint density at radius 3 is 2.62 bits per heavy atom. The van der Waals surface area contributed by atoms with Gasteiger partial charge in [0.05, 0.1) is 0 Å². The summed E-state index contributed by atoms with van der Waals surface area (Å²) in [7, 11) is 1.80. The number of hydrogen-bond donors (Lipinski definition) is 2. The summed E-state index contributed by atoms with van der Waals surface area (Å²) in [4.78, 5) is 10.8. The molecule has 142 valence electrons. The number of nitrogens with one attached hydrogen (secondary N) is 2. The number of pyridine rings is 1. The zero-order valence-corrected chi connectivity index (χ0v) is 18.2. The van der Waals surface area contributed by atoms with Crippen LogP contribution in [0.4, 0.5) is 5.69 Å². The number of nitrogens with zero attached hydrogens (tertiary/aromatic N) is 3. The second-order valence-corrected chi connectivity index (χ2v) is 5.96. The Bertz CT molecular complexity index is 660. The molecule has 2 aromatic rings. The van der Waals surface area contributed by atoms with Gasteiger partial charge in [-0.2, -0.15) is 0 Å². The van der Waals surface area contributed by atoms with Crippen LogP contribution in [0.25, 0.3) is 0 Å². The van der Waals surface area contributed by atoms with Crippen molar-refractivity contribution >= 4 is 35.6 Å². The number of aromatic nitrogens is 1. The first-order valence-electron chi connectivity index (χ1n) is 8.88. The fourth-order valence-electron chi connectivity index (χ4n) is 2.70. The van der Waals surface area contributed by atoms with E-state index >= 15 is 0 Å². The van der Waals surface area contributed by atoms with Crippen LogP contribution in [0.1, 0.15) is 18.1 Å². The minimum atomic E-state index is 0. The number of aryl methyl sites for hydroxylation is 1. The van der Waals surface area contributed by atoms with Gasteiger partial charge in [0.25, 0.3) is 0 Å². The summed E-state index contributed by atoms with van der Waals surface area (Å²) in [5, 5.41) is 6.74. The highest BCUT2D eigenvalue weighted by Crippen LogP contribution is 2.14. The van der Waals surface area contributed by atoms with Crippen LogP contribution in [0, 0.1) is 6.92 Å². The third-order valence-corrected chi connectivity index (χ3v) is 4.08. The summed E-state index contributed by atoms with van der Waals surface area (Å²) in [6.07, 6.45) is 4.63. The number of anilines is 1. The Labute approximate surface area is 174 Å². The molecule has 0 saturated carbocycles. The standard InChI is InChI=1S/C20H29N5.HI/c1-4-25(19-9-5-7-17(2)15-19)14-13-24-20(21-3)23-12-10-18-8-6-11-22-16-18;/h5-9,11,15-16H,4,10,12-14H2,1-3H3,(H2,21,23,24);1H. The van der Waals surface area contributed by atoms with E-state index in [1.165, 1.54) is 16.8 Å².